The number of nitrogens with one attached hydrogen (secondary N) is 1. The first-order valence-corrected chi connectivity index (χ1v) is 7.38. The Hall–Kier alpha value is -1.09. The van der Waals surface area contributed by atoms with E-state index in [9.17, 15) is 0 Å². The third kappa shape index (κ3) is 4.20. The second kappa shape index (κ2) is 5.91. The van der Waals surface area contributed by atoms with Crippen molar-refractivity contribution in [3.8, 4) is 0 Å². The van der Waals surface area contributed by atoms with Crippen molar-refractivity contribution in [3.05, 3.63) is 24.0 Å². The summed E-state index contributed by atoms with van der Waals surface area (Å²) in [4.78, 5) is 6.82. The number of piperidine rings is 1. The smallest absolute Gasteiger partial charge is 0.0442 e. The van der Waals surface area contributed by atoms with E-state index in [1.54, 1.807) is 0 Å². The molecule has 106 valence electrons. The van der Waals surface area contributed by atoms with Crippen LogP contribution in [0, 0.1) is 5.92 Å². The Bertz CT molecular complexity index is 409. The van der Waals surface area contributed by atoms with E-state index in [0.29, 0.717) is 0 Å². The van der Waals surface area contributed by atoms with Crippen molar-refractivity contribution in [2.75, 3.05) is 18.0 Å². The van der Waals surface area contributed by atoms with Crippen LogP contribution in [0.5, 0.6) is 0 Å². The molecule has 1 unspecified atom stereocenters. The number of hydrogen-bond acceptors (Lipinski definition) is 3. The minimum Gasteiger partial charge on any atom is -0.371 e. The second-order valence-electron chi connectivity index (χ2n) is 6.80. The maximum Gasteiger partial charge on any atom is 0.0442 e. The largest absolute Gasteiger partial charge is 0.371 e. The van der Waals surface area contributed by atoms with Gasteiger partial charge in [-0.2, -0.15) is 0 Å². The van der Waals surface area contributed by atoms with Gasteiger partial charge in [0.2, 0.25) is 0 Å². The summed E-state index contributed by atoms with van der Waals surface area (Å²) in [6.45, 7) is 12.2. The summed E-state index contributed by atoms with van der Waals surface area (Å²) in [7, 11) is 0. The Kier molecular flexibility index (Phi) is 4.46. The van der Waals surface area contributed by atoms with Crippen molar-refractivity contribution < 1.29 is 0 Å². The quantitative estimate of drug-likeness (QED) is 0.905. The predicted molar refractivity (Wildman–Crippen MR) is 81.4 cm³/mol. The van der Waals surface area contributed by atoms with Gasteiger partial charge in [0, 0.05) is 48.8 Å². The Morgan fingerprint density at radius 2 is 2.21 bits per heavy atom. The lowest BCUT2D eigenvalue weighted by Gasteiger charge is -2.34. The highest BCUT2D eigenvalue weighted by Gasteiger charge is 2.19. The number of rotatable bonds is 3. The summed E-state index contributed by atoms with van der Waals surface area (Å²) < 4.78 is 0. The van der Waals surface area contributed by atoms with Gasteiger partial charge in [-0.3, -0.25) is 4.98 Å². The van der Waals surface area contributed by atoms with Gasteiger partial charge in [-0.05, 0) is 45.6 Å². The summed E-state index contributed by atoms with van der Waals surface area (Å²) in [6, 6.07) is 2.16. The lowest BCUT2D eigenvalue weighted by atomic mass is 9.99. The van der Waals surface area contributed by atoms with Gasteiger partial charge in [-0.1, -0.05) is 6.92 Å². The van der Waals surface area contributed by atoms with Gasteiger partial charge in [0.25, 0.3) is 0 Å². The molecular weight excluding hydrogens is 234 g/mol. The average molecular weight is 261 g/mol. The monoisotopic (exact) mass is 261 g/mol. The molecule has 1 atom stereocenters. The Labute approximate surface area is 117 Å². The number of anilines is 1. The molecule has 19 heavy (non-hydrogen) atoms. The van der Waals surface area contributed by atoms with Crippen molar-refractivity contribution in [3.63, 3.8) is 0 Å². The molecule has 2 rings (SSSR count). The third-order valence-corrected chi connectivity index (χ3v) is 3.68. The molecule has 1 N–H and O–H groups in total. The van der Waals surface area contributed by atoms with Crippen molar-refractivity contribution in [2.45, 2.75) is 52.6 Å². The van der Waals surface area contributed by atoms with E-state index in [-0.39, 0.29) is 5.54 Å². The SMILES string of the molecule is CC1CCCN(c2ccncc2CNC(C)(C)C)C1. The van der Waals surface area contributed by atoms with Crippen LogP contribution < -0.4 is 10.2 Å². The molecule has 0 aromatic carbocycles. The first-order valence-electron chi connectivity index (χ1n) is 7.38. The van der Waals surface area contributed by atoms with E-state index < -0.39 is 0 Å². The zero-order valence-corrected chi connectivity index (χ0v) is 12.7. The first-order chi connectivity index (χ1) is 8.96. The van der Waals surface area contributed by atoms with Crippen molar-refractivity contribution in [2.24, 2.45) is 5.92 Å². The molecule has 0 amide bonds. The molecule has 1 aliphatic heterocycles. The van der Waals surface area contributed by atoms with Crippen LogP contribution in [0.3, 0.4) is 0 Å². The molecule has 1 aromatic heterocycles. The van der Waals surface area contributed by atoms with E-state index in [2.05, 4.69) is 49.0 Å². The Morgan fingerprint density at radius 3 is 2.89 bits per heavy atom. The van der Waals surface area contributed by atoms with Crippen molar-refractivity contribution >= 4 is 5.69 Å². The van der Waals surface area contributed by atoms with E-state index >= 15 is 0 Å². The molecule has 1 aromatic rings. The van der Waals surface area contributed by atoms with Gasteiger partial charge in [0.05, 0.1) is 0 Å². The molecule has 1 aliphatic rings. The number of nitrogens with zero attached hydrogens (tertiary/aromatic N) is 2. The number of pyridine rings is 1. The van der Waals surface area contributed by atoms with E-state index in [1.807, 2.05) is 12.4 Å². The van der Waals surface area contributed by atoms with Crippen LogP contribution in [0.1, 0.15) is 46.1 Å². The van der Waals surface area contributed by atoms with E-state index in [1.165, 1.54) is 37.2 Å². The summed E-state index contributed by atoms with van der Waals surface area (Å²) in [5.41, 5.74) is 2.81. The highest BCUT2D eigenvalue weighted by Crippen LogP contribution is 2.25. The standard InChI is InChI=1S/C16H27N3/c1-13-6-5-9-19(12-13)15-7-8-17-10-14(15)11-18-16(2,3)4/h7-8,10,13,18H,5-6,9,11-12H2,1-4H3. The highest BCUT2D eigenvalue weighted by molar-refractivity contribution is 5.52. The second-order valence-corrected chi connectivity index (χ2v) is 6.80. The molecule has 3 nitrogen and oxygen atoms in total. The number of hydrogen-bond donors (Lipinski definition) is 1. The molecule has 2 heterocycles. The predicted octanol–water partition coefficient (Wildman–Crippen LogP) is 3.21. The summed E-state index contributed by atoms with van der Waals surface area (Å²) in [5.74, 6) is 0.797. The maximum atomic E-state index is 4.29. The molecule has 1 saturated heterocycles. The van der Waals surface area contributed by atoms with Crippen LogP contribution >= 0.6 is 0 Å². The fourth-order valence-corrected chi connectivity index (χ4v) is 2.63. The van der Waals surface area contributed by atoms with Crippen LogP contribution in [0.15, 0.2) is 18.5 Å². The zero-order valence-electron chi connectivity index (χ0n) is 12.7. The number of aromatic nitrogens is 1. The highest BCUT2D eigenvalue weighted by atomic mass is 15.1. The van der Waals surface area contributed by atoms with Crippen LogP contribution in [0.2, 0.25) is 0 Å². The lowest BCUT2D eigenvalue weighted by Crippen LogP contribution is -2.37. The topological polar surface area (TPSA) is 28.2 Å². The molecule has 0 spiro atoms. The first kappa shape index (κ1) is 14.3. The van der Waals surface area contributed by atoms with Gasteiger partial charge in [-0.15, -0.1) is 0 Å². The van der Waals surface area contributed by atoms with Crippen LogP contribution in [0.25, 0.3) is 0 Å². The molecule has 3 heteroatoms. The summed E-state index contributed by atoms with van der Waals surface area (Å²) >= 11 is 0. The third-order valence-electron chi connectivity index (χ3n) is 3.68. The maximum absolute atomic E-state index is 4.29. The van der Waals surface area contributed by atoms with E-state index in [4.69, 9.17) is 0 Å². The Balaban J connectivity index is 2.11. The molecule has 1 fully saturated rings. The molecule has 0 bridgehead atoms. The molecule has 0 radical (unpaired) electrons. The molecule has 0 aliphatic carbocycles. The molecule has 0 saturated carbocycles. The van der Waals surface area contributed by atoms with Gasteiger partial charge in [-0.25, -0.2) is 0 Å². The molecular formula is C16H27N3. The van der Waals surface area contributed by atoms with Crippen LogP contribution in [0.4, 0.5) is 5.69 Å². The van der Waals surface area contributed by atoms with Gasteiger partial charge in [0.1, 0.15) is 0 Å². The van der Waals surface area contributed by atoms with Gasteiger partial charge >= 0.3 is 0 Å². The minimum atomic E-state index is 0.141. The average Bonchev–Trinajstić information content (AvgIpc) is 2.36. The normalized spacial score (nSPS) is 20.6. The fourth-order valence-electron chi connectivity index (χ4n) is 2.63. The fraction of sp³-hybridized carbons (Fsp3) is 0.688. The van der Waals surface area contributed by atoms with E-state index in [0.717, 1.165) is 12.5 Å². The van der Waals surface area contributed by atoms with Crippen molar-refractivity contribution in [1.82, 2.24) is 10.3 Å². The van der Waals surface area contributed by atoms with Gasteiger partial charge < -0.3 is 10.2 Å². The van der Waals surface area contributed by atoms with Crippen LogP contribution in [-0.2, 0) is 6.54 Å². The zero-order chi connectivity index (χ0) is 13.9. The summed E-state index contributed by atoms with van der Waals surface area (Å²) in [6.07, 6.45) is 6.58. The summed E-state index contributed by atoms with van der Waals surface area (Å²) in [5, 5.41) is 3.56. The lowest BCUT2D eigenvalue weighted by molar-refractivity contribution is 0.421. The van der Waals surface area contributed by atoms with Crippen molar-refractivity contribution in [1.29, 1.82) is 0 Å². The Morgan fingerprint density at radius 1 is 1.42 bits per heavy atom. The minimum absolute atomic E-state index is 0.141. The van der Waals surface area contributed by atoms with Crippen LogP contribution in [-0.4, -0.2) is 23.6 Å². The van der Waals surface area contributed by atoms with Gasteiger partial charge in [0.15, 0.2) is 0 Å².